The summed E-state index contributed by atoms with van der Waals surface area (Å²) in [5.74, 6) is 0.854. The SMILES string of the molecule is COc1ccc(S(=O)(=O)NC2CC2)cc1NC(=O)CCSc1ccc(C)c(C)c1. The molecule has 8 heteroatoms. The number of carbonyl (C=O) groups is 1. The lowest BCUT2D eigenvalue weighted by molar-refractivity contribution is -0.115. The number of aryl methyl sites for hydroxylation is 2. The highest BCUT2D eigenvalue weighted by Gasteiger charge is 2.28. The molecule has 1 amide bonds. The highest BCUT2D eigenvalue weighted by Crippen LogP contribution is 2.29. The van der Waals surface area contributed by atoms with Crippen molar-refractivity contribution in [2.45, 2.75) is 48.9 Å². The zero-order valence-electron chi connectivity index (χ0n) is 16.8. The number of hydrogen-bond donors (Lipinski definition) is 2. The molecule has 0 radical (unpaired) electrons. The standard InChI is InChI=1S/C21H26N2O4S2/c1-14-4-7-17(12-15(14)2)28-11-10-21(24)22-19-13-18(8-9-20(19)27-3)29(25,26)23-16-5-6-16/h4,7-9,12-13,16,23H,5-6,10-11H2,1-3H3,(H,22,24). The van der Waals surface area contributed by atoms with Crippen molar-refractivity contribution in [3.05, 3.63) is 47.5 Å². The van der Waals surface area contributed by atoms with Gasteiger partial charge >= 0.3 is 0 Å². The lowest BCUT2D eigenvalue weighted by Gasteiger charge is -2.13. The number of rotatable bonds is 9. The highest BCUT2D eigenvalue weighted by atomic mass is 32.2. The molecular weight excluding hydrogens is 408 g/mol. The van der Waals surface area contributed by atoms with Crippen LogP contribution in [0.4, 0.5) is 5.69 Å². The summed E-state index contributed by atoms with van der Waals surface area (Å²) >= 11 is 1.62. The highest BCUT2D eigenvalue weighted by molar-refractivity contribution is 7.99. The van der Waals surface area contributed by atoms with Gasteiger partial charge in [-0.15, -0.1) is 11.8 Å². The summed E-state index contributed by atoms with van der Waals surface area (Å²) in [6, 6.07) is 10.7. The van der Waals surface area contributed by atoms with Crippen molar-refractivity contribution in [3.63, 3.8) is 0 Å². The molecule has 0 heterocycles. The number of nitrogens with one attached hydrogen (secondary N) is 2. The molecular formula is C21H26N2O4S2. The maximum atomic E-state index is 12.4. The van der Waals surface area contributed by atoms with Crippen LogP contribution in [0.25, 0.3) is 0 Å². The molecule has 0 saturated heterocycles. The largest absolute Gasteiger partial charge is 0.495 e. The van der Waals surface area contributed by atoms with Crippen LogP contribution in [-0.4, -0.2) is 33.2 Å². The molecule has 0 atom stereocenters. The van der Waals surface area contributed by atoms with Gasteiger partial charge in [-0.2, -0.15) is 0 Å². The average molecular weight is 435 g/mol. The van der Waals surface area contributed by atoms with Crippen molar-refractivity contribution < 1.29 is 17.9 Å². The third-order valence-electron chi connectivity index (χ3n) is 4.73. The second-order valence-electron chi connectivity index (χ2n) is 7.15. The number of anilines is 1. The van der Waals surface area contributed by atoms with E-state index in [0.717, 1.165) is 17.7 Å². The first kappa shape index (κ1) is 21.7. The molecule has 0 unspecified atom stereocenters. The number of methoxy groups -OCH3 is 1. The zero-order chi connectivity index (χ0) is 21.0. The van der Waals surface area contributed by atoms with Crippen LogP contribution in [0, 0.1) is 13.8 Å². The van der Waals surface area contributed by atoms with E-state index in [2.05, 4.69) is 42.1 Å². The lowest BCUT2D eigenvalue weighted by atomic mass is 10.1. The fourth-order valence-electron chi connectivity index (χ4n) is 2.72. The monoisotopic (exact) mass is 434 g/mol. The van der Waals surface area contributed by atoms with Crippen LogP contribution < -0.4 is 14.8 Å². The first-order chi connectivity index (χ1) is 13.8. The molecule has 6 nitrogen and oxygen atoms in total. The normalized spacial score (nSPS) is 13.9. The van der Waals surface area contributed by atoms with E-state index in [9.17, 15) is 13.2 Å². The summed E-state index contributed by atoms with van der Waals surface area (Å²) in [4.78, 5) is 13.6. The van der Waals surface area contributed by atoms with Gasteiger partial charge in [0.2, 0.25) is 15.9 Å². The smallest absolute Gasteiger partial charge is 0.240 e. The summed E-state index contributed by atoms with van der Waals surface area (Å²) in [6.07, 6.45) is 2.02. The minimum Gasteiger partial charge on any atom is -0.495 e. The molecule has 0 aliphatic heterocycles. The predicted octanol–water partition coefficient (Wildman–Crippen LogP) is 3.87. The molecule has 2 N–H and O–H groups in total. The van der Waals surface area contributed by atoms with Gasteiger partial charge in [-0.25, -0.2) is 13.1 Å². The maximum Gasteiger partial charge on any atom is 0.240 e. The summed E-state index contributed by atoms with van der Waals surface area (Å²) < 4.78 is 32.8. The molecule has 156 valence electrons. The minimum absolute atomic E-state index is 0.0163. The number of thioether (sulfide) groups is 1. The van der Waals surface area contributed by atoms with E-state index in [-0.39, 0.29) is 16.8 Å². The van der Waals surface area contributed by atoms with Crippen LogP contribution in [0.2, 0.25) is 0 Å². The third-order valence-corrected chi connectivity index (χ3v) is 7.24. The van der Waals surface area contributed by atoms with E-state index < -0.39 is 10.0 Å². The zero-order valence-corrected chi connectivity index (χ0v) is 18.5. The van der Waals surface area contributed by atoms with Crippen LogP contribution in [0.3, 0.4) is 0 Å². The number of ether oxygens (including phenoxy) is 1. The van der Waals surface area contributed by atoms with Crippen LogP contribution in [0.15, 0.2) is 46.2 Å². The summed E-state index contributed by atoms with van der Waals surface area (Å²) in [7, 11) is -2.12. The molecule has 1 fully saturated rings. The molecule has 2 aromatic rings. The first-order valence-electron chi connectivity index (χ1n) is 9.49. The van der Waals surface area contributed by atoms with Gasteiger partial charge in [0.25, 0.3) is 0 Å². The van der Waals surface area contributed by atoms with Crippen LogP contribution >= 0.6 is 11.8 Å². The Hall–Kier alpha value is -2.03. The van der Waals surface area contributed by atoms with E-state index in [4.69, 9.17) is 4.74 Å². The third kappa shape index (κ3) is 5.98. The van der Waals surface area contributed by atoms with E-state index in [1.807, 2.05) is 0 Å². The van der Waals surface area contributed by atoms with Gasteiger partial charge in [0.1, 0.15) is 5.75 Å². The van der Waals surface area contributed by atoms with Crippen LogP contribution in [0.5, 0.6) is 5.75 Å². The van der Waals surface area contributed by atoms with Crippen molar-refractivity contribution >= 4 is 33.4 Å². The predicted molar refractivity (Wildman–Crippen MR) is 116 cm³/mol. The second kappa shape index (κ2) is 9.19. The Labute approximate surface area is 176 Å². The van der Waals surface area contributed by atoms with Crippen LogP contribution in [0.1, 0.15) is 30.4 Å². The van der Waals surface area contributed by atoms with Crippen molar-refractivity contribution in [1.82, 2.24) is 4.72 Å². The Morgan fingerprint density at radius 3 is 2.55 bits per heavy atom. The second-order valence-corrected chi connectivity index (χ2v) is 10.0. The Kier molecular flexibility index (Phi) is 6.87. The van der Waals surface area contributed by atoms with Crippen molar-refractivity contribution in [2.75, 3.05) is 18.2 Å². The van der Waals surface area contributed by atoms with Crippen LogP contribution in [-0.2, 0) is 14.8 Å². The Bertz CT molecular complexity index is 1000. The van der Waals surface area contributed by atoms with E-state index in [1.165, 1.54) is 30.4 Å². The van der Waals surface area contributed by atoms with Crippen molar-refractivity contribution in [1.29, 1.82) is 0 Å². The van der Waals surface area contributed by atoms with Crippen molar-refractivity contribution in [2.24, 2.45) is 0 Å². The van der Waals surface area contributed by atoms with Gasteiger partial charge in [0.05, 0.1) is 17.7 Å². The number of benzene rings is 2. The molecule has 0 aromatic heterocycles. The topological polar surface area (TPSA) is 84.5 Å². The Balaban J connectivity index is 1.62. The molecule has 3 rings (SSSR count). The minimum atomic E-state index is -3.60. The quantitative estimate of drug-likeness (QED) is 0.585. The fourth-order valence-corrected chi connectivity index (χ4v) is 5.00. The molecule has 2 aromatic carbocycles. The van der Waals surface area contributed by atoms with Gasteiger partial charge in [-0.3, -0.25) is 4.79 Å². The molecule has 1 aliphatic rings. The number of hydrogen-bond acceptors (Lipinski definition) is 5. The van der Waals surface area contributed by atoms with E-state index >= 15 is 0 Å². The number of sulfonamides is 1. The Morgan fingerprint density at radius 1 is 1.14 bits per heavy atom. The molecule has 1 saturated carbocycles. The van der Waals surface area contributed by atoms with Gasteiger partial charge in [-0.1, -0.05) is 6.07 Å². The first-order valence-corrected chi connectivity index (χ1v) is 12.0. The molecule has 0 spiro atoms. The summed E-state index contributed by atoms with van der Waals surface area (Å²) in [6.45, 7) is 4.14. The molecule has 29 heavy (non-hydrogen) atoms. The molecule has 1 aliphatic carbocycles. The summed E-state index contributed by atoms with van der Waals surface area (Å²) in [5, 5.41) is 2.78. The lowest BCUT2D eigenvalue weighted by Crippen LogP contribution is -2.26. The molecule has 0 bridgehead atoms. The maximum absolute atomic E-state index is 12.4. The average Bonchev–Trinajstić information content (AvgIpc) is 3.48. The number of carbonyl (C=O) groups excluding carboxylic acids is 1. The van der Waals surface area contributed by atoms with Gasteiger partial charge in [-0.05, 0) is 68.1 Å². The Morgan fingerprint density at radius 2 is 1.90 bits per heavy atom. The van der Waals surface area contributed by atoms with E-state index in [1.54, 1.807) is 17.8 Å². The van der Waals surface area contributed by atoms with Gasteiger partial charge in [0.15, 0.2) is 0 Å². The van der Waals surface area contributed by atoms with Gasteiger partial charge in [0, 0.05) is 23.1 Å². The fraction of sp³-hybridized carbons (Fsp3) is 0.381. The van der Waals surface area contributed by atoms with Crippen molar-refractivity contribution in [3.8, 4) is 5.75 Å². The number of amides is 1. The summed E-state index contributed by atoms with van der Waals surface area (Å²) in [5.41, 5.74) is 2.82. The van der Waals surface area contributed by atoms with E-state index in [0.29, 0.717) is 23.6 Å². The van der Waals surface area contributed by atoms with Gasteiger partial charge < -0.3 is 10.1 Å².